The number of furan rings is 1. The lowest BCUT2D eigenvalue weighted by atomic mass is 9.99. The molecular weight excluding hydrogens is 280 g/mol. The monoisotopic (exact) mass is 292 g/mol. The van der Waals surface area contributed by atoms with Gasteiger partial charge in [-0.15, -0.1) is 0 Å². The topological polar surface area (TPSA) is 30.2 Å². The Morgan fingerprint density at radius 2 is 1.82 bits per heavy atom. The highest BCUT2D eigenvalue weighted by atomic mass is 79.9. The SMILES string of the molecule is Cc1cc(C(=O)c2cc(C)c(Br)cc2C)co1. The first-order chi connectivity index (χ1) is 7.99. The van der Waals surface area contributed by atoms with Crippen LogP contribution < -0.4 is 0 Å². The number of ketones is 1. The summed E-state index contributed by atoms with van der Waals surface area (Å²) in [4.78, 5) is 12.3. The molecule has 0 N–H and O–H groups in total. The van der Waals surface area contributed by atoms with Gasteiger partial charge in [-0.1, -0.05) is 15.9 Å². The second-order valence-electron chi connectivity index (χ2n) is 4.19. The minimum absolute atomic E-state index is 0.00921. The van der Waals surface area contributed by atoms with Crippen molar-refractivity contribution in [3.63, 3.8) is 0 Å². The van der Waals surface area contributed by atoms with Crippen LogP contribution in [0.3, 0.4) is 0 Å². The van der Waals surface area contributed by atoms with Crippen molar-refractivity contribution in [2.24, 2.45) is 0 Å². The van der Waals surface area contributed by atoms with Crippen molar-refractivity contribution in [2.75, 3.05) is 0 Å². The van der Waals surface area contributed by atoms with E-state index in [9.17, 15) is 4.79 Å². The van der Waals surface area contributed by atoms with E-state index in [-0.39, 0.29) is 5.78 Å². The lowest BCUT2D eigenvalue weighted by molar-refractivity contribution is 0.103. The number of carbonyl (C=O) groups excluding carboxylic acids is 1. The zero-order chi connectivity index (χ0) is 12.6. The summed E-state index contributed by atoms with van der Waals surface area (Å²) in [6, 6.07) is 5.64. The van der Waals surface area contributed by atoms with Crippen LogP contribution in [0.25, 0.3) is 0 Å². The predicted octanol–water partition coefficient (Wildman–Crippen LogP) is 4.20. The van der Waals surface area contributed by atoms with Crippen LogP contribution in [0.5, 0.6) is 0 Å². The van der Waals surface area contributed by atoms with Crippen LogP contribution in [0.15, 0.2) is 33.4 Å². The van der Waals surface area contributed by atoms with Gasteiger partial charge in [-0.25, -0.2) is 0 Å². The standard InChI is InChI=1S/C14H13BrO2/c1-8-5-13(15)9(2)4-12(8)14(16)11-6-10(3)17-7-11/h4-7H,1-3H3. The van der Waals surface area contributed by atoms with Gasteiger partial charge in [-0.2, -0.15) is 0 Å². The molecule has 0 radical (unpaired) electrons. The van der Waals surface area contributed by atoms with Crippen molar-refractivity contribution in [3.05, 3.63) is 56.9 Å². The molecule has 0 aliphatic rings. The van der Waals surface area contributed by atoms with Gasteiger partial charge in [0, 0.05) is 10.0 Å². The molecule has 0 atom stereocenters. The third-order valence-electron chi connectivity index (χ3n) is 2.74. The number of carbonyl (C=O) groups is 1. The molecule has 0 aliphatic carbocycles. The first-order valence-corrected chi connectivity index (χ1v) is 6.15. The van der Waals surface area contributed by atoms with Crippen LogP contribution >= 0.6 is 15.9 Å². The summed E-state index contributed by atoms with van der Waals surface area (Å²) in [5.41, 5.74) is 3.35. The molecule has 1 aromatic carbocycles. The summed E-state index contributed by atoms with van der Waals surface area (Å²) in [7, 11) is 0. The number of benzene rings is 1. The minimum Gasteiger partial charge on any atom is -0.469 e. The Bertz CT molecular complexity index is 582. The van der Waals surface area contributed by atoms with E-state index in [1.54, 1.807) is 6.07 Å². The van der Waals surface area contributed by atoms with E-state index >= 15 is 0 Å². The average Bonchev–Trinajstić information content (AvgIpc) is 2.69. The Labute approximate surface area is 109 Å². The number of hydrogen-bond acceptors (Lipinski definition) is 2. The molecule has 2 rings (SSSR count). The second kappa shape index (κ2) is 4.49. The van der Waals surface area contributed by atoms with Crippen molar-refractivity contribution in [2.45, 2.75) is 20.8 Å². The van der Waals surface area contributed by atoms with E-state index in [4.69, 9.17) is 4.42 Å². The first kappa shape index (κ1) is 12.1. The maximum atomic E-state index is 12.3. The Morgan fingerprint density at radius 1 is 1.12 bits per heavy atom. The van der Waals surface area contributed by atoms with Gasteiger partial charge in [0.05, 0.1) is 5.56 Å². The second-order valence-corrected chi connectivity index (χ2v) is 5.05. The molecule has 0 bridgehead atoms. The zero-order valence-electron chi connectivity index (χ0n) is 10.0. The fourth-order valence-electron chi connectivity index (χ4n) is 1.74. The van der Waals surface area contributed by atoms with Crippen LogP contribution in [0, 0.1) is 20.8 Å². The lowest BCUT2D eigenvalue weighted by Gasteiger charge is -2.06. The fourth-order valence-corrected chi connectivity index (χ4v) is 2.20. The Balaban J connectivity index is 2.47. The molecule has 0 saturated carbocycles. The smallest absolute Gasteiger partial charge is 0.196 e. The summed E-state index contributed by atoms with van der Waals surface area (Å²) in [5, 5.41) is 0. The molecule has 3 heteroatoms. The highest BCUT2D eigenvalue weighted by Crippen LogP contribution is 2.23. The van der Waals surface area contributed by atoms with Gasteiger partial charge >= 0.3 is 0 Å². The Hall–Kier alpha value is -1.35. The van der Waals surface area contributed by atoms with Crippen molar-refractivity contribution in [1.29, 1.82) is 0 Å². The molecule has 0 spiro atoms. The van der Waals surface area contributed by atoms with Crippen LogP contribution in [-0.2, 0) is 0 Å². The predicted molar refractivity (Wildman–Crippen MR) is 70.5 cm³/mol. The van der Waals surface area contributed by atoms with E-state index in [0.717, 1.165) is 26.9 Å². The molecule has 0 aliphatic heterocycles. The van der Waals surface area contributed by atoms with Crippen molar-refractivity contribution < 1.29 is 9.21 Å². The number of rotatable bonds is 2. The van der Waals surface area contributed by atoms with E-state index < -0.39 is 0 Å². The number of hydrogen-bond donors (Lipinski definition) is 0. The van der Waals surface area contributed by atoms with Gasteiger partial charge in [0.15, 0.2) is 5.78 Å². The molecule has 88 valence electrons. The van der Waals surface area contributed by atoms with Crippen LogP contribution in [0.2, 0.25) is 0 Å². The summed E-state index contributed by atoms with van der Waals surface area (Å²) in [5.74, 6) is 0.759. The van der Waals surface area contributed by atoms with Gasteiger partial charge < -0.3 is 4.42 Å². The molecule has 0 amide bonds. The molecule has 1 aromatic heterocycles. The number of aryl methyl sites for hydroxylation is 3. The molecule has 1 heterocycles. The Morgan fingerprint density at radius 3 is 2.41 bits per heavy atom. The third-order valence-corrected chi connectivity index (χ3v) is 3.60. The highest BCUT2D eigenvalue weighted by molar-refractivity contribution is 9.10. The largest absolute Gasteiger partial charge is 0.469 e. The molecule has 17 heavy (non-hydrogen) atoms. The zero-order valence-corrected chi connectivity index (χ0v) is 11.6. The highest BCUT2D eigenvalue weighted by Gasteiger charge is 2.15. The van der Waals surface area contributed by atoms with E-state index in [2.05, 4.69) is 15.9 Å². The van der Waals surface area contributed by atoms with Gasteiger partial charge in [0.25, 0.3) is 0 Å². The maximum Gasteiger partial charge on any atom is 0.196 e. The molecule has 2 aromatic rings. The van der Waals surface area contributed by atoms with Crippen LogP contribution in [0.4, 0.5) is 0 Å². The van der Waals surface area contributed by atoms with Gasteiger partial charge in [0.2, 0.25) is 0 Å². The lowest BCUT2D eigenvalue weighted by Crippen LogP contribution is -2.03. The summed E-state index contributed by atoms with van der Waals surface area (Å²) >= 11 is 3.46. The normalized spacial score (nSPS) is 10.6. The minimum atomic E-state index is 0.00921. The van der Waals surface area contributed by atoms with Gasteiger partial charge in [-0.3, -0.25) is 4.79 Å². The quantitative estimate of drug-likeness (QED) is 0.777. The average molecular weight is 293 g/mol. The third kappa shape index (κ3) is 2.34. The fraction of sp³-hybridized carbons (Fsp3) is 0.214. The summed E-state index contributed by atoms with van der Waals surface area (Å²) in [6.45, 7) is 5.74. The van der Waals surface area contributed by atoms with Gasteiger partial charge in [-0.05, 0) is 50.1 Å². The van der Waals surface area contributed by atoms with E-state index in [1.807, 2.05) is 32.9 Å². The van der Waals surface area contributed by atoms with Crippen LogP contribution in [-0.4, -0.2) is 5.78 Å². The van der Waals surface area contributed by atoms with E-state index in [1.165, 1.54) is 6.26 Å². The van der Waals surface area contributed by atoms with E-state index in [0.29, 0.717) is 5.56 Å². The molecule has 2 nitrogen and oxygen atoms in total. The molecule has 0 fully saturated rings. The summed E-state index contributed by atoms with van der Waals surface area (Å²) < 4.78 is 6.19. The van der Waals surface area contributed by atoms with Crippen molar-refractivity contribution in [3.8, 4) is 0 Å². The first-order valence-electron chi connectivity index (χ1n) is 5.35. The molecule has 0 saturated heterocycles. The molecule has 0 unspecified atom stereocenters. The molecular formula is C14H13BrO2. The number of halogens is 1. The van der Waals surface area contributed by atoms with Gasteiger partial charge in [0.1, 0.15) is 12.0 Å². The van der Waals surface area contributed by atoms with Crippen molar-refractivity contribution in [1.82, 2.24) is 0 Å². The maximum absolute atomic E-state index is 12.3. The Kier molecular flexibility index (Phi) is 3.20. The van der Waals surface area contributed by atoms with Crippen LogP contribution in [0.1, 0.15) is 32.8 Å². The summed E-state index contributed by atoms with van der Waals surface area (Å²) in [6.07, 6.45) is 1.51. The van der Waals surface area contributed by atoms with Crippen molar-refractivity contribution >= 4 is 21.7 Å².